The number of hydrogen-bond acceptors (Lipinski definition) is 4. The first-order chi connectivity index (χ1) is 10.9. The Kier molecular flexibility index (Phi) is 3.63. The predicted octanol–water partition coefficient (Wildman–Crippen LogP) is 2.02. The van der Waals surface area contributed by atoms with Crippen LogP contribution in [0.4, 0.5) is 0 Å². The Morgan fingerprint density at radius 3 is 2.39 bits per heavy atom. The molecule has 0 aromatic carbocycles. The molecular weight excluding hydrogens is 291 g/mol. The van der Waals surface area contributed by atoms with Gasteiger partial charge in [0.15, 0.2) is 0 Å². The topological polar surface area (TPSA) is 45.5 Å². The van der Waals surface area contributed by atoms with Gasteiger partial charge >= 0.3 is 7.12 Å². The third-order valence-corrected chi connectivity index (χ3v) is 6.01. The number of nitrogens with zero attached hydrogens (tertiary/aromatic N) is 2. The summed E-state index contributed by atoms with van der Waals surface area (Å²) in [5.41, 5.74) is 3.12. The third-order valence-electron chi connectivity index (χ3n) is 6.01. The fourth-order valence-electron chi connectivity index (χ4n) is 3.87. The zero-order valence-corrected chi connectivity index (χ0v) is 14.7. The van der Waals surface area contributed by atoms with Crippen molar-refractivity contribution >= 4 is 12.6 Å². The summed E-state index contributed by atoms with van der Waals surface area (Å²) in [7, 11) is -0.292. The zero-order chi connectivity index (χ0) is 16.2. The lowest BCUT2D eigenvalue weighted by molar-refractivity contribution is 0.00578. The maximum Gasteiger partial charge on any atom is 0.498 e. The Hall–Kier alpha value is -0.845. The van der Waals surface area contributed by atoms with Crippen LogP contribution in [0.3, 0.4) is 0 Å². The molecule has 4 heterocycles. The van der Waals surface area contributed by atoms with E-state index < -0.39 is 0 Å². The lowest BCUT2D eigenvalue weighted by atomic mass is 9.73. The van der Waals surface area contributed by atoms with Crippen molar-refractivity contribution in [2.45, 2.75) is 77.0 Å². The molecule has 0 spiro atoms. The molecule has 2 fully saturated rings. The van der Waals surface area contributed by atoms with Gasteiger partial charge in [-0.05, 0) is 53.4 Å². The Balaban J connectivity index is 1.73. The van der Waals surface area contributed by atoms with E-state index >= 15 is 0 Å². The molecule has 1 aromatic heterocycles. The van der Waals surface area contributed by atoms with Crippen LogP contribution in [-0.2, 0) is 27.0 Å². The highest BCUT2D eigenvalue weighted by Gasteiger charge is 2.54. The average Bonchev–Trinajstić information content (AvgIpc) is 3.11. The summed E-state index contributed by atoms with van der Waals surface area (Å²) in [5.74, 6) is 0.468. The van der Waals surface area contributed by atoms with Gasteiger partial charge in [-0.25, -0.2) is 0 Å². The molecule has 0 atom stereocenters. The highest BCUT2D eigenvalue weighted by Crippen LogP contribution is 2.38. The van der Waals surface area contributed by atoms with Gasteiger partial charge in [-0.15, -0.1) is 0 Å². The Labute approximate surface area is 138 Å². The molecule has 3 aliphatic heterocycles. The summed E-state index contributed by atoms with van der Waals surface area (Å²) in [6.07, 6.45) is 4.34. The number of ether oxygens (including phenoxy) is 1. The van der Waals surface area contributed by atoms with Crippen molar-refractivity contribution in [3.05, 3.63) is 11.4 Å². The summed E-state index contributed by atoms with van der Waals surface area (Å²) >= 11 is 0. The fourth-order valence-corrected chi connectivity index (χ4v) is 3.87. The van der Waals surface area contributed by atoms with E-state index in [1.54, 1.807) is 0 Å². The molecule has 0 saturated carbocycles. The molecule has 0 N–H and O–H groups in total. The van der Waals surface area contributed by atoms with Crippen molar-refractivity contribution in [3.63, 3.8) is 0 Å². The molecule has 0 radical (unpaired) electrons. The van der Waals surface area contributed by atoms with E-state index in [9.17, 15) is 0 Å². The maximum absolute atomic E-state index is 6.36. The first kappa shape index (κ1) is 15.7. The summed E-state index contributed by atoms with van der Waals surface area (Å²) in [5, 5.41) is 4.96. The Bertz CT molecular complexity index is 589. The second kappa shape index (κ2) is 5.33. The van der Waals surface area contributed by atoms with E-state index in [0.29, 0.717) is 5.92 Å². The molecule has 0 amide bonds. The van der Waals surface area contributed by atoms with Gasteiger partial charge in [0.1, 0.15) is 0 Å². The van der Waals surface area contributed by atoms with E-state index in [-0.39, 0.29) is 18.3 Å². The highest BCUT2D eigenvalue weighted by molar-refractivity contribution is 6.63. The second-order valence-corrected chi connectivity index (χ2v) is 8.05. The van der Waals surface area contributed by atoms with Crippen LogP contribution in [0, 0.1) is 0 Å². The molecular formula is C17H27BN2O3. The second-order valence-electron chi connectivity index (χ2n) is 8.05. The van der Waals surface area contributed by atoms with Gasteiger partial charge in [0, 0.05) is 36.8 Å². The van der Waals surface area contributed by atoms with Crippen molar-refractivity contribution in [2.75, 3.05) is 13.2 Å². The van der Waals surface area contributed by atoms with Crippen LogP contribution in [0.2, 0.25) is 0 Å². The highest BCUT2D eigenvalue weighted by atomic mass is 16.7. The van der Waals surface area contributed by atoms with Crippen molar-refractivity contribution in [2.24, 2.45) is 0 Å². The number of aromatic nitrogens is 2. The number of rotatable bonds is 2. The average molecular weight is 318 g/mol. The largest absolute Gasteiger partial charge is 0.498 e. The van der Waals surface area contributed by atoms with Crippen LogP contribution in [0.25, 0.3) is 0 Å². The van der Waals surface area contributed by atoms with Crippen LogP contribution in [0.1, 0.15) is 64.3 Å². The minimum atomic E-state index is -0.308. The molecule has 6 heteroatoms. The van der Waals surface area contributed by atoms with Crippen molar-refractivity contribution in [1.29, 1.82) is 0 Å². The van der Waals surface area contributed by atoms with Gasteiger partial charge < -0.3 is 14.0 Å². The summed E-state index contributed by atoms with van der Waals surface area (Å²) in [4.78, 5) is 0. The molecule has 5 nitrogen and oxygen atoms in total. The SMILES string of the molecule is CC1(C)OB(c2c(C3CCOCC3)nn3c2CCC3)OC1(C)C. The summed E-state index contributed by atoms with van der Waals surface area (Å²) < 4.78 is 20.4. The number of hydrogen-bond donors (Lipinski definition) is 0. The molecule has 0 aliphatic carbocycles. The fraction of sp³-hybridized carbons (Fsp3) is 0.824. The van der Waals surface area contributed by atoms with Gasteiger partial charge in [-0.1, -0.05) is 0 Å². The lowest BCUT2D eigenvalue weighted by Gasteiger charge is -2.32. The molecule has 3 aliphatic rings. The number of aryl methyl sites for hydroxylation is 1. The first-order valence-corrected chi connectivity index (χ1v) is 8.92. The zero-order valence-electron chi connectivity index (χ0n) is 14.7. The Morgan fingerprint density at radius 2 is 1.74 bits per heavy atom. The van der Waals surface area contributed by atoms with Crippen LogP contribution < -0.4 is 5.46 Å². The molecule has 0 unspecified atom stereocenters. The third kappa shape index (κ3) is 2.46. The predicted molar refractivity (Wildman–Crippen MR) is 89.1 cm³/mol. The van der Waals surface area contributed by atoms with Crippen molar-refractivity contribution < 1.29 is 14.0 Å². The first-order valence-electron chi connectivity index (χ1n) is 8.92. The lowest BCUT2D eigenvalue weighted by Crippen LogP contribution is -2.41. The van der Waals surface area contributed by atoms with Crippen LogP contribution >= 0.6 is 0 Å². The quantitative estimate of drug-likeness (QED) is 0.783. The normalized spacial score (nSPS) is 26.7. The molecule has 2 saturated heterocycles. The van der Waals surface area contributed by atoms with E-state index in [4.69, 9.17) is 19.1 Å². The molecule has 126 valence electrons. The standard InChI is InChI=1S/C17H27BN2O3/c1-16(2)17(3,4)23-18(22-16)14-13-6-5-9-20(13)19-15(14)12-7-10-21-11-8-12/h12H,5-11H2,1-4H3. The minimum Gasteiger partial charge on any atom is -0.399 e. The van der Waals surface area contributed by atoms with Gasteiger partial charge in [0.25, 0.3) is 0 Å². The van der Waals surface area contributed by atoms with Crippen LogP contribution in [0.15, 0.2) is 0 Å². The van der Waals surface area contributed by atoms with E-state index in [1.165, 1.54) is 23.3 Å². The molecule has 4 rings (SSSR count). The maximum atomic E-state index is 6.36. The van der Waals surface area contributed by atoms with Gasteiger partial charge in [0.05, 0.1) is 16.9 Å². The minimum absolute atomic E-state index is 0.292. The van der Waals surface area contributed by atoms with Gasteiger partial charge in [-0.3, -0.25) is 4.68 Å². The Morgan fingerprint density at radius 1 is 1.09 bits per heavy atom. The smallest absolute Gasteiger partial charge is 0.399 e. The summed E-state index contributed by atoms with van der Waals surface area (Å²) in [6, 6.07) is 0. The molecule has 23 heavy (non-hydrogen) atoms. The van der Waals surface area contributed by atoms with Gasteiger partial charge in [-0.2, -0.15) is 5.10 Å². The molecule has 1 aromatic rings. The van der Waals surface area contributed by atoms with Crippen LogP contribution in [0.5, 0.6) is 0 Å². The van der Waals surface area contributed by atoms with E-state index in [1.807, 2.05) is 0 Å². The molecule has 0 bridgehead atoms. The van der Waals surface area contributed by atoms with Crippen molar-refractivity contribution in [3.8, 4) is 0 Å². The van der Waals surface area contributed by atoms with Crippen LogP contribution in [-0.4, -0.2) is 41.3 Å². The van der Waals surface area contributed by atoms with Crippen molar-refractivity contribution in [1.82, 2.24) is 9.78 Å². The summed E-state index contributed by atoms with van der Waals surface area (Å²) in [6.45, 7) is 11.1. The van der Waals surface area contributed by atoms with E-state index in [2.05, 4.69) is 32.4 Å². The van der Waals surface area contributed by atoms with E-state index in [0.717, 1.165) is 39.0 Å². The monoisotopic (exact) mass is 318 g/mol. The van der Waals surface area contributed by atoms with Gasteiger partial charge in [0.2, 0.25) is 0 Å². The number of fused-ring (bicyclic) bond motifs is 1.